The summed E-state index contributed by atoms with van der Waals surface area (Å²) < 4.78 is 12.8. The number of nitrogens with zero attached hydrogens (tertiary/aromatic N) is 6. The smallest absolute Gasteiger partial charge is 0.321 e. The molecule has 1 saturated heterocycles. The SMILES string of the molecule is COc1cc(N2C[C@H]3CC[C@@H](C2)C3Nc2nc(Oc3cc(C)cc(Cl)c3)n(C)n2)cnn1. The molecule has 1 unspecified atom stereocenters. The van der Waals surface area contributed by atoms with Gasteiger partial charge in [-0.1, -0.05) is 11.6 Å². The van der Waals surface area contributed by atoms with Crippen molar-refractivity contribution < 1.29 is 9.47 Å². The maximum Gasteiger partial charge on any atom is 0.321 e. The highest BCUT2D eigenvalue weighted by atomic mass is 35.5. The first-order chi connectivity index (χ1) is 15.5. The summed E-state index contributed by atoms with van der Waals surface area (Å²) in [4.78, 5) is 6.96. The molecule has 0 spiro atoms. The fraction of sp³-hybridized carbons (Fsp3) is 0.455. The van der Waals surface area contributed by atoms with Crippen LogP contribution in [0.15, 0.2) is 30.5 Å². The Morgan fingerprint density at radius 3 is 2.62 bits per heavy atom. The quantitative estimate of drug-likeness (QED) is 0.601. The van der Waals surface area contributed by atoms with E-state index in [1.165, 1.54) is 12.8 Å². The minimum absolute atomic E-state index is 0.326. The van der Waals surface area contributed by atoms with E-state index >= 15 is 0 Å². The van der Waals surface area contributed by atoms with Gasteiger partial charge in [-0.05, 0) is 55.4 Å². The fourth-order valence-corrected chi connectivity index (χ4v) is 5.10. The van der Waals surface area contributed by atoms with Crippen molar-refractivity contribution in [3.8, 4) is 17.6 Å². The number of aromatic nitrogens is 5. The van der Waals surface area contributed by atoms with Crippen molar-refractivity contribution in [2.75, 3.05) is 30.4 Å². The molecule has 1 aromatic carbocycles. The molecule has 1 saturated carbocycles. The van der Waals surface area contributed by atoms with E-state index in [1.54, 1.807) is 24.1 Å². The zero-order chi connectivity index (χ0) is 22.2. The van der Waals surface area contributed by atoms with E-state index in [-0.39, 0.29) is 0 Å². The first-order valence-corrected chi connectivity index (χ1v) is 11.1. The summed E-state index contributed by atoms with van der Waals surface area (Å²) in [5.74, 6) is 2.76. The lowest BCUT2D eigenvalue weighted by molar-refractivity contribution is 0.373. The third-order valence-electron chi connectivity index (χ3n) is 6.27. The lowest BCUT2D eigenvalue weighted by atomic mass is 9.92. The zero-order valence-electron chi connectivity index (χ0n) is 18.3. The Morgan fingerprint density at radius 1 is 1.12 bits per heavy atom. The normalized spacial score (nSPS) is 22.1. The van der Waals surface area contributed by atoms with E-state index in [4.69, 9.17) is 21.1 Å². The molecule has 32 heavy (non-hydrogen) atoms. The molecule has 5 rings (SSSR count). The van der Waals surface area contributed by atoms with Gasteiger partial charge in [0.15, 0.2) is 0 Å². The summed E-state index contributed by atoms with van der Waals surface area (Å²) >= 11 is 6.15. The van der Waals surface area contributed by atoms with Crippen molar-refractivity contribution >= 4 is 23.2 Å². The van der Waals surface area contributed by atoms with Crippen LogP contribution in [0.3, 0.4) is 0 Å². The Labute approximate surface area is 191 Å². The van der Waals surface area contributed by atoms with Gasteiger partial charge in [0.25, 0.3) is 0 Å². The zero-order valence-corrected chi connectivity index (χ0v) is 19.1. The van der Waals surface area contributed by atoms with Crippen LogP contribution in [0.4, 0.5) is 11.6 Å². The van der Waals surface area contributed by atoms with E-state index in [9.17, 15) is 0 Å². The van der Waals surface area contributed by atoms with Gasteiger partial charge in [0, 0.05) is 37.3 Å². The van der Waals surface area contributed by atoms with Gasteiger partial charge in [0.2, 0.25) is 11.8 Å². The number of aryl methyl sites for hydroxylation is 2. The summed E-state index contributed by atoms with van der Waals surface area (Å²) in [5.41, 5.74) is 2.08. The van der Waals surface area contributed by atoms with Crippen molar-refractivity contribution in [1.82, 2.24) is 25.0 Å². The van der Waals surface area contributed by atoms with Crippen LogP contribution >= 0.6 is 11.6 Å². The van der Waals surface area contributed by atoms with Gasteiger partial charge >= 0.3 is 6.01 Å². The largest absolute Gasteiger partial charge is 0.480 e. The number of hydrogen-bond acceptors (Lipinski definition) is 8. The number of fused-ring (bicyclic) bond motifs is 2. The summed E-state index contributed by atoms with van der Waals surface area (Å²) in [7, 11) is 3.44. The van der Waals surface area contributed by atoms with Gasteiger partial charge in [-0.2, -0.15) is 10.1 Å². The molecule has 9 nitrogen and oxygen atoms in total. The minimum Gasteiger partial charge on any atom is -0.480 e. The molecule has 1 N–H and O–H groups in total. The van der Waals surface area contributed by atoms with E-state index in [0.717, 1.165) is 24.3 Å². The highest BCUT2D eigenvalue weighted by molar-refractivity contribution is 6.30. The Kier molecular flexibility index (Phi) is 5.50. The van der Waals surface area contributed by atoms with Crippen LogP contribution in [-0.4, -0.2) is 51.2 Å². The van der Waals surface area contributed by atoms with E-state index in [0.29, 0.717) is 46.5 Å². The number of methoxy groups -OCH3 is 1. The molecule has 10 heteroatoms. The highest BCUT2D eigenvalue weighted by Gasteiger charge is 2.42. The molecule has 2 fully saturated rings. The van der Waals surface area contributed by atoms with Crippen LogP contribution in [0, 0.1) is 18.8 Å². The molecule has 2 aromatic heterocycles. The average Bonchev–Trinajstić information content (AvgIpc) is 3.20. The number of nitrogens with one attached hydrogen (secondary N) is 1. The van der Waals surface area contributed by atoms with Crippen molar-refractivity contribution in [2.45, 2.75) is 25.8 Å². The Balaban J connectivity index is 1.28. The second kappa shape index (κ2) is 8.46. The second-order valence-electron chi connectivity index (χ2n) is 8.54. The van der Waals surface area contributed by atoms with Gasteiger partial charge in [0.1, 0.15) is 5.75 Å². The molecule has 2 aliphatic rings. The molecule has 168 valence electrons. The summed E-state index contributed by atoms with van der Waals surface area (Å²) in [5, 5.41) is 16.8. The number of hydrogen-bond donors (Lipinski definition) is 1. The monoisotopic (exact) mass is 455 g/mol. The lowest BCUT2D eigenvalue weighted by Gasteiger charge is -2.39. The Morgan fingerprint density at radius 2 is 1.91 bits per heavy atom. The van der Waals surface area contributed by atoms with Crippen LogP contribution in [0.5, 0.6) is 17.6 Å². The van der Waals surface area contributed by atoms with Crippen LogP contribution in [0.2, 0.25) is 5.02 Å². The lowest BCUT2D eigenvalue weighted by Crippen LogP contribution is -2.48. The second-order valence-corrected chi connectivity index (χ2v) is 8.97. The van der Waals surface area contributed by atoms with Crippen LogP contribution in [-0.2, 0) is 7.05 Å². The minimum atomic E-state index is 0.326. The molecular formula is C22H26ClN7O2. The van der Waals surface area contributed by atoms with Gasteiger partial charge in [-0.3, -0.25) is 0 Å². The maximum absolute atomic E-state index is 6.15. The van der Waals surface area contributed by atoms with Crippen molar-refractivity contribution in [2.24, 2.45) is 18.9 Å². The third-order valence-corrected chi connectivity index (χ3v) is 6.49. The molecule has 2 bridgehead atoms. The predicted molar refractivity (Wildman–Crippen MR) is 122 cm³/mol. The van der Waals surface area contributed by atoms with Gasteiger partial charge in [-0.25, -0.2) is 4.68 Å². The van der Waals surface area contributed by atoms with Crippen LogP contribution in [0.25, 0.3) is 0 Å². The van der Waals surface area contributed by atoms with Crippen molar-refractivity contribution in [1.29, 1.82) is 0 Å². The van der Waals surface area contributed by atoms with Gasteiger partial charge in [-0.15, -0.1) is 10.2 Å². The average molecular weight is 456 g/mol. The van der Waals surface area contributed by atoms with Crippen molar-refractivity contribution in [3.05, 3.63) is 41.0 Å². The van der Waals surface area contributed by atoms with Crippen LogP contribution < -0.4 is 19.7 Å². The first kappa shape index (κ1) is 20.8. The predicted octanol–water partition coefficient (Wildman–Crippen LogP) is 3.69. The molecule has 0 radical (unpaired) electrons. The number of piperidine rings is 1. The van der Waals surface area contributed by atoms with E-state index < -0.39 is 0 Å². The van der Waals surface area contributed by atoms with Gasteiger partial charge in [0.05, 0.1) is 19.0 Å². The molecule has 1 aliphatic heterocycles. The molecule has 1 aliphatic carbocycles. The van der Waals surface area contributed by atoms with E-state index in [2.05, 4.69) is 30.5 Å². The summed E-state index contributed by atoms with van der Waals surface area (Å²) in [6, 6.07) is 8.28. The molecule has 3 atom stereocenters. The standard InChI is InChI=1S/C22H26ClN7O2/c1-13-6-16(23)8-18(7-13)32-22-26-21(28-29(22)2)25-20-14-4-5-15(20)12-30(11-14)17-9-19(31-3)27-24-10-17/h6-10,14-15,20H,4-5,11-12H2,1-3H3,(H,25,28)/t14-,15+,20?. The summed E-state index contributed by atoms with van der Waals surface area (Å²) in [6.07, 6.45) is 4.15. The van der Waals surface area contributed by atoms with Crippen LogP contribution in [0.1, 0.15) is 18.4 Å². The number of ether oxygens (including phenoxy) is 2. The van der Waals surface area contributed by atoms with Crippen molar-refractivity contribution in [3.63, 3.8) is 0 Å². The Bertz CT molecular complexity index is 1090. The molecule has 3 heterocycles. The van der Waals surface area contributed by atoms with Gasteiger partial charge < -0.3 is 19.7 Å². The molecular weight excluding hydrogens is 430 g/mol. The highest BCUT2D eigenvalue weighted by Crippen LogP contribution is 2.40. The molecule has 3 aromatic rings. The topological polar surface area (TPSA) is 90.2 Å². The van der Waals surface area contributed by atoms with E-state index in [1.807, 2.05) is 32.2 Å². The third kappa shape index (κ3) is 4.17. The fourth-order valence-electron chi connectivity index (χ4n) is 4.82. The maximum atomic E-state index is 6.15. The first-order valence-electron chi connectivity index (χ1n) is 10.7. The Hall–Kier alpha value is -3.07. The number of anilines is 2. The number of benzene rings is 1. The number of rotatable bonds is 6. The number of halogens is 1. The molecule has 0 amide bonds. The summed E-state index contributed by atoms with van der Waals surface area (Å²) in [6.45, 7) is 3.87.